The molecule has 0 atom stereocenters. The molecule has 3 heteroatoms. The van der Waals surface area contributed by atoms with Crippen molar-refractivity contribution in [2.24, 2.45) is 5.73 Å². The van der Waals surface area contributed by atoms with Gasteiger partial charge in [-0.15, -0.1) is 0 Å². The molecular weight excluding hydrogens is 264 g/mol. The van der Waals surface area contributed by atoms with Gasteiger partial charge in [0.15, 0.2) is 0 Å². The zero-order chi connectivity index (χ0) is 11.9. The maximum absolute atomic E-state index is 5.87. The number of rotatable bonds is 2. The minimum absolute atomic E-state index is 0.00310. The molecule has 2 rings (SSSR count). The molecule has 16 heavy (non-hydrogen) atoms. The van der Waals surface area contributed by atoms with E-state index in [1.54, 1.807) is 0 Å². The van der Waals surface area contributed by atoms with Gasteiger partial charge in [-0.25, -0.2) is 0 Å². The molecule has 1 aromatic heterocycles. The lowest BCUT2D eigenvalue weighted by Gasteiger charge is -2.23. The second kappa shape index (κ2) is 3.90. The van der Waals surface area contributed by atoms with Gasteiger partial charge >= 0.3 is 0 Å². The molecule has 0 bridgehead atoms. The van der Waals surface area contributed by atoms with Crippen LogP contribution >= 0.6 is 15.9 Å². The number of hydrogen-bond acceptors (Lipinski definition) is 1. The summed E-state index contributed by atoms with van der Waals surface area (Å²) in [5.74, 6) is 0. The third-order valence-corrected chi connectivity index (χ3v) is 3.63. The fraction of sp³-hybridized carbons (Fsp3) is 0.385. The molecule has 0 aliphatic carbocycles. The molecule has 86 valence electrons. The van der Waals surface area contributed by atoms with E-state index in [4.69, 9.17) is 5.73 Å². The van der Waals surface area contributed by atoms with Crippen molar-refractivity contribution in [1.29, 1.82) is 0 Å². The van der Waals surface area contributed by atoms with Crippen LogP contribution in [0.3, 0.4) is 0 Å². The van der Waals surface area contributed by atoms with Crippen molar-refractivity contribution in [3.05, 3.63) is 33.9 Å². The molecule has 0 amide bonds. The number of nitrogens with two attached hydrogens (primary N) is 1. The van der Waals surface area contributed by atoms with Gasteiger partial charge in [-0.2, -0.15) is 0 Å². The first-order chi connectivity index (χ1) is 7.45. The lowest BCUT2D eigenvalue weighted by atomic mass is 9.83. The summed E-state index contributed by atoms with van der Waals surface area (Å²) in [7, 11) is 0. The van der Waals surface area contributed by atoms with Crippen LogP contribution in [-0.4, -0.2) is 11.5 Å². The summed E-state index contributed by atoms with van der Waals surface area (Å²) in [6.45, 7) is 7.13. The fourth-order valence-corrected chi connectivity index (χ4v) is 2.63. The van der Waals surface area contributed by atoms with Crippen LogP contribution in [0.1, 0.15) is 25.1 Å². The summed E-state index contributed by atoms with van der Waals surface area (Å²) in [6, 6.07) is 6.31. The Kier molecular flexibility index (Phi) is 2.84. The first-order valence-corrected chi connectivity index (χ1v) is 6.23. The fourth-order valence-electron chi connectivity index (χ4n) is 2.27. The van der Waals surface area contributed by atoms with Crippen LogP contribution in [0.5, 0.6) is 0 Å². The van der Waals surface area contributed by atoms with Crippen molar-refractivity contribution >= 4 is 26.8 Å². The lowest BCUT2D eigenvalue weighted by Crippen LogP contribution is -2.28. The van der Waals surface area contributed by atoms with Crippen LogP contribution < -0.4 is 5.73 Å². The minimum Gasteiger partial charge on any atom is -0.358 e. The maximum atomic E-state index is 5.87. The largest absolute Gasteiger partial charge is 0.358 e. The van der Waals surface area contributed by atoms with E-state index in [-0.39, 0.29) is 5.41 Å². The molecule has 0 saturated heterocycles. The number of hydrogen-bond donors (Lipinski definition) is 2. The zero-order valence-electron chi connectivity index (χ0n) is 9.89. The molecule has 0 fully saturated rings. The van der Waals surface area contributed by atoms with Gasteiger partial charge in [0.1, 0.15) is 0 Å². The molecule has 0 aliphatic rings. The Balaban J connectivity index is 2.77. The number of fused-ring (bicyclic) bond motifs is 1. The van der Waals surface area contributed by atoms with Gasteiger partial charge in [-0.05, 0) is 30.7 Å². The predicted octanol–water partition coefficient (Wildman–Crippen LogP) is 3.48. The second-order valence-electron chi connectivity index (χ2n) is 4.90. The number of aromatic amines is 1. The molecule has 0 saturated carbocycles. The number of nitrogens with one attached hydrogen (secondary N) is 1. The van der Waals surface area contributed by atoms with E-state index in [2.05, 4.69) is 59.9 Å². The average Bonchev–Trinajstić information content (AvgIpc) is 2.54. The number of aryl methyl sites for hydroxylation is 1. The highest BCUT2D eigenvalue weighted by Crippen LogP contribution is 2.34. The Hall–Kier alpha value is -0.800. The smallest absolute Gasteiger partial charge is 0.0459 e. The Morgan fingerprint density at radius 3 is 2.69 bits per heavy atom. The summed E-state index contributed by atoms with van der Waals surface area (Å²) >= 11 is 3.52. The van der Waals surface area contributed by atoms with Crippen molar-refractivity contribution in [3.63, 3.8) is 0 Å². The summed E-state index contributed by atoms with van der Waals surface area (Å²) in [5.41, 5.74) is 9.59. The number of H-pyrrole nitrogens is 1. The summed E-state index contributed by atoms with van der Waals surface area (Å²) in [5, 5.41) is 1.27. The van der Waals surface area contributed by atoms with Gasteiger partial charge in [0.05, 0.1) is 0 Å². The zero-order valence-corrected chi connectivity index (χ0v) is 11.5. The van der Waals surface area contributed by atoms with Gasteiger partial charge in [0.25, 0.3) is 0 Å². The molecular formula is C13H17BrN2. The minimum atomic E-state index is 0.00310. The highest BCUT2D eigenvalue weighted by Gasteiger charge is 2.24. The van der Waals surface area contributed by atoms with E-state index in [1.165, 1.54) is 22.2 Å². The third kappa shape index (κ3) is 1.78. The molecule has 0 radical (unpaired) electrons. The van der Waals surface area contributed by atoms with E-state index < -0.39 is 0 Å². The second-order valence-corrected chi connectivity index (χ2v) is 5.82. The number of benzene rings is 1. The van der Waals surface area contributed by atoms with Crippen molar-refractivity contribution < 1.29 is 0 Å². The van der Waals surface area contributed by atoms with E-state index >= 15 is 0 Å². The average molecular weight is 281 g/mol. The van der Waals surface area contributed by atoms with Gasteiger partial charge in [-0.1, -0.05) is 29.8 Å². The van der Waals surface area contributed by atoms with Crippen LogP contribution in [0.25, 0.3) is 10.9 Å². The summed E-state index contributed by atoms with van der Waals surface area (Å²) < 4.78 is 1.10. The number of halogens is 1. The summed E-state index contributed by atoms with van der Waals surface area (Å²) in [4.78, 5) is 3.42. The van der Waals surface area contributed by atoms with Crippen LogP contribution in [0.4, 0.5) is 0 Å². The molecule has 0 spiro atoms. The Morgan fingerprint density at radius 2 is 2.06 bits per heavy atom. The normalized spacial score (nSPS) is 12.3. The molecule has 0 unspecified atom stereocenters. The monoisotopic (exact) mass is 280 g/mol. The Morgan fingerprint density at radius 1 is 1.38 bits per heavy atom. The molecule has 2 nitrogen and oxygen atoms in total. The quantitative estimate of drug-likeness (QED) is 0.869. The van der Waals surface area contributed by atoms with E-state index in [1.807, 2.05) is 0 Å². The van der Waals surface area contributed by atoms with Gasteiger partial charge in [0, 0.05) is 33.0 Å². The molecule has 3 N–H and O–H groups in total. The molecule has 2 aromatic rings. The Labute approximate surface area is 104 Å². The van der Waals surface area contributed by atoms with Crippen molar-refractivity contribution in [2.75, 3.05) is 6.54 Å². The van der Waals surface area contributed by atoms with Crippen molar-refractivity contribution in [3.8, 4) is 0 Å². The standard InChI is InChI=1S/C13H17BrN2/c1-8-12(13(2,3)7-15)10-6-9(14)4-5-11(10)16-8/h4-6,16H,7,15H2,1-3H3. The SMILES string of the molecule is Cc1[nH]c2ccc(Br)cc2c1C(C)(C)CN. The first kappa shape index (κ1) is 11.7. The third-order valence-electron chi connectivity index (χ3n) is 3.14. The van der Waals surface area contributed by atoms with E-state index in [0.717, 1.165) is 4.47 Å². The van der Waals surface area contributed by atoms with E-state index in [9.17, 15) is 0 Å². The maximum Gasteiger partial charge on any atom is 0.0459 e. The van der Waals surface area contributed by atoms with Gasteiger partial charge in [0.2, 0.25) is 0 Å². The van der Waals surface area contributed by atoms with Gasteiger partial charge < -0.3 is 10.7 Å². The van der Waals surface area contributed by atoms with E-state index in [0.29, 0.717) is 6.54 Å². The Bertz CT molecular complexity index is 526. The number of aromatic nitrogens is 1. The lowest BCUT2D eigenvalue weighted by molar-refractivity contribution is 0.540. The highest BCUT2D eigenvalue weighted by molar-refractivity contribution is 9.10. The molecule has 1 aromatic carbocycles. The van der Waals surface area contributed by atoms with Crippen LogP contribution in [-0.2, 0) is 5.41 Å². The topological polar surface area (TPSA) is 41.8 Å². The predicted molar refractivity (Wildman–Crippen MR) is 72.8 cm³/mol. The van der Waals surface area contributed by atoms with Crippen molar-refractivity contribution in [2.45, 2.75) is 26.2 Å². The molecule has 1 heterocycles. The molecule has 0 aliphatic heterocycles. The highest BCUT2D eigenvalue weighted by atomic mass is 79.9. The van der Waals surface area contributed by atoms with Crippen molar-refractivity contribution in [1.82, 2.24) is 4.98 Å². The van der Waals surface area contributed by atoms with Crippen LogP contribution in [0, 0.1) is 6.92 Å². The van der Waals surface area contributed by atoms with Crippen LogP contribution in [0.2, 0.25) is 0 Å². The van der Waals surface area contributed by atoms with Crippen LogP contribution in [0.15, 0.2) is 22.7 Å². The first-order valence-electron chi connectivity index (χ1n) is 5.44. The van der Waals surface area contributed by atoms with Gasteiger partial charge in [-0.3, -0.25) is 0 Å². The summed E-state index contributed by atoms with van der Waals surface area (Å²) in [6.07, 6.45) is 0.